The number of hydrogen-bond donors (Lipinski definition) is 2. The number of nitrogens with zero attached hydrogens (tertiary/aromatic N) is 3. The minimum absolute atomic E-state index is 0.643. The topological polar surface area (TPSA) is 68.8 Å². The minimum atomic E-state index is 0.643. The second-order valence-corrected chi connectivity index (χ2v) is 3.66. The summed E-state index contributed by atoms with van der Waals surface area (Å²) in [7, 11) is 0. The van der Waals surface area contributed by atoms with Crippen molar-refractivity contribution in [1.29, 1.82) is 0 Å². The van der Waals surface area contributed by atoms with Gasteiger partial charge in [-0.2, -0.15) is 5.10 Å². The van der Waals surface area contributed by atoms with E-state index in [1.54, 1.807) is 12.4 Å². The van der Waals surface area contributed by atoms with Gasteiger partial charge in [0.15, 0.2) is 5.82 Å². The SMILES string of the molecule is CCn1cc(Nc2ncc(C)cc2N)cn1. The highest BCUT2D eigenvalue weighted by molar-refractivity contribution is 5.68. The smallest absolute Gasteiger partial charge is 0.153 e. The predicted molar refractivity (Wildman–Crippen MR) is 64.6 cm³/mol. The average Bonchev–Trinajstić information content (AvgIpc) is 2.70. The highest BCUT2D eigenvalue weighted by atomic mass is 15.3. The Morgan fingerprint density at radius 3 is 2.88 bits per heavy atom. The van der Waals surface area contributed by atoms with Gasteiger partial charge in [-0.25, -0.2) is 4.98 Å². The van der Waals surface area contributed by atoms with E-state index in [0.717, 1.165) is 17.8 Å². The van der Waals surface area contributed by atoms with Crippen LogP contribution in [0.2, 0.25) is 0 Å². The molecule has 0 fully saturated rings. The summed E-state index contributed by atoms with van der Waals surface area (Å²) in [4.78, 5) is 4.24. The second-order valence-electron chi connectivity index (χ2n) is 3.66. The van der Waals surface area contributed by atoms with Crippen LogP contribution in [0.5, 0.6) is 0 Å². The largest absolute Gasteiger partial charge is 0.396 e. The number of nitrogens with two attached hydrogens (primary N) is 1. The van der Waals surface area contributed by atoms with E-state index in [-0.39, 0.29) is 0 Å². The van der Waals surface area contributed by atoms with Crippen molar-refractivity contribution >= 4 is 17.2 Å². The molecule has 0 amide bonds. The van der Waals surface area contributed by atoms with E-state index < -0.39 is 0 Å². The first-order valence-corrected chi connectivity index (χ1v) is 5.20. The molecule has 0 bridgehead atoms. The fourth-order valence-corrected chi connectivity index (χ4v) is 1.43. The van der Waals surface area contributed by atoms with Crippen LogP contribution in [0, 0.1) is 6.92 Å². The molecule has 0 aromatic carbocycles. The molecule has 0 aliphatic carbocycles. The number of aryl methyl sites for hydroxylation is 2. The molecule has 16 heavy (non-hydrogen) atoms. The van der Waals surface area contributed by atoms with Crippen LogP contribution < -0.4 is 11.1 Å². The highest BCUT2D eigenvalue weighted by Crippen LogP contribution is 2.20. The van der Waals surface area contributed by atoms with Crippen LogP contribution in [0.3, 0.4) is 0 Å². The zero-order valence-electron chi connectivity index (χ0n) is 9.44. The van der Waals surface area contributed by atoms with Crippen molar-refractivity contribution in [2.75, 3.05) is 11.1 Å². The van der Waals surface area contributed by atoms with Gasteiger partial charge in [-0.05, 0) is 25.5 Å². The summed E-state index contributed by atoms with van der Waals surface area (Å²) in [6.45, 7) is 4.84. The van der Waals surface area contributed by atoms with Gasteiger partial charge in [0.05, 0.1) is 17.6 Å². The number of anilines is 3. The summed E-state index contributed by atoms with van der Waals surface area (Å²) < 4.78 is 1.84. The highest BCUT2D eigenvalue weighted by Gasteiger charge is 2.03. The Bertz CT molecular complexity index is 489. The normalized spacial score (nSPS) is 10.4. The van der Waals surface area contributed by atoms with Crippen molar-refractivity contribution in [3.8, 4) is 0 Å². The van der Waals surface area contributed by atoms with Gasteiger partial charge in [0, 0.05) is 18.9 Å². The van der Waals surface area contributed by atoms with E-state index in [2.05, 4.69) is 15.4 Å². The predicted octanol–water partition coefficient (Wildman–Crippen LogP) is 1.93. The Morgan fingerprint density at radius 1 is 1.44 bits per heavy atom. The quantitative estimate of drug-likeness (QED) is 0.824. The Morgan fingerprint density at radius 2 is 2.25 bits per heavy atom. The van der Waals surface area contributed by atoms with Gasteiger partial charge in [-0.1, -0.05) is 0 Å². The van der Waals surface area contributed by atoms with Crippen molar-refractivity contribution in [2.24, 2.45) is 0 Å². The van der Waals surface area contributed by atoms with E-state index >= 15 is 0 Å². The van der Waals surface area contributed by atoms with E-state index in [9.17, 15) is 0 Å². The van der Waals surface area contributed by atoms with E-state index in [0.29, 0.717) is 11.5 Å². The number of hydrogen-bond acceptors (Lipinski definition) is 4. The molecular weight excluding hydrogens is 202 g/mol. The van der Waals surface area contributed by atoms with E-state index in [1.165, 1.54) is 0 Å². The molecule has 0 saturated carbocycles. The molecule has 0 aliphatic heterocycles. The molecule has 0 spiro atoms. The molecule has 2 aromatic rings. The van der Waals surface area contributed by atoms with Gasteiger partial charge < -0.3 is 11.1 Å². The first-order valence-electron chi connectivity index (χ1n) is 5.20. The summed E-state index contributed by atoms with van der Waals surface area (Å²) >= 11 is 0. The molecule has 5 heteroatoms. The molecule has 3 N–H and O–H groups in total. The van der Waals surface area contributed by atoms with Gasteiger partial charge >= 0.3 is 0 Å². The number of pyridine rings is 1. The van der Waals surface area contributed by atoms with Gasteiger partial charge in [-0.3, -0.25) is 4.68 Å². The lowest BCUT2D eigenvalue weighted by Gasteiger charge is -2.06. The van der Waals surface area contributed by atoms with Crippen LogP contribution in [0.15, 0.2) is 24.7 Å². The Balaban J connectivity index is 2.20. The average molecular weight is 217 g/mol. The lowest BCUT2D eigenvalue weighted by molar-refractivity contribution is 0.660. The summed E-state index contributed by atoms with van der Waals surface area (Å²) in [5, 5.41) is 7.30. The molecule has 0 radical (unpaired) electrons. The number of aromatic nitrogens is 3. The zero-order chi connectivity index (χ0) is 11.5. The zero-order valence-corrected chi connectivity index (χ0v) is 9.44. The Labute approximate surface area is 94.3 Å². The van der Waals surface area contributed by atoms with Crippen molar-refractivity contribution in [3.63, 3.8) is 0 Å². The maximum Gasteiger partial charge on any atom is 0.153 e. The van der Waals surface area contributed by atoms with E-state index in [1.807, 2.05) is 30.8 Å². The summed E-state index contributed by atoms with van der Waals surface area (Å²) in [6, 6.07) is 1.89. The minimum Gasteiger partial charge on any atom is -0.396 e. The van der Waals surface area contributed by atoms with Gasteiger partial charge in [-0.15, -0.1) is 0 Å². The van der Waals surface area contributed by atoms with Crippen LogP contribution in [-0.2, 0) is 6.54 Å². The van der Waals surface area contributed by atoms with Crippen LogP contribution in [0.25, 0.3) is 0 Å². The van der Waals surface area contributed by atoms with E-state index in [4.69, 9.17) is 5.73 Å². The summed E-state index contributed by atoms with van der Waals surface area (Å²) in [5.74, 6) is 0.668. The fraction of sp³-hybridized carbons (Fsp3) is 0.273. The number of nitrogen functional groups attached to an aromatic ring is 1. The van der Waals surface area contributed by atoms with Crippen LogP contribution in [0.1, 0.15) is 12.5 Å². The van der Waals surface area contributed by atoms with Crippen molar-refractivity contribution in [1.82, 2.24) is 14.8 Å². The molecule has 84 valence electrons. The third-order valence-electron chi connectivity index (χ3n) is 2.27. The summed E-state index contributed by atoms with van der Waals surface area (Å²) in [5.41, 5.74) is 8.44. The molecule has 0 saturated heterocycles. The van der Waals surface area contributed by atoms with Crippen LogP contribution in [0.4, 0.5) is 17.2 Å². The van der Waals surface area contributed by atoms with Crippen molar-refractivity contribution in [2.45, 2.75) is 20.4 Å². The monoisotopic (exact) mass is 217 g/mol. The Kier molecular flexibility index (Phi) is 2.76. The third-order valence-corrected chi connectivity index (χ3v) is 2.27. The van der Waals surface area contributed by atoms with Crippen molar-refractivity contribution < 1.29 is 0 Å². The molecule has 0 atom stereocenters. The molecule has 0 unspecified atom stereocenters. The first-order chi connectivity index (χ1) is 7.69. The maximum absolute atomic E-state index is 5.86. The molecular formula is C11H15N5. The lowest BCUT2D eigenvalue weighted by Crippen LogP contribution is -1.99. The van der Waals surface area contributed by atoms with Crippen LogP contribution in [-0.4, -0.2) is 14.8 Å². The fourth-order valence-electron chi connectivity index (χ4n) is 1.43. The molecule has 5 nitrogen and oxygen atoms in total. The molecule has 2 rings (SSSR count). The number of nitrogens with one attached hydrogen (secondary N) is 1. The summed E-state index contributed by atoms with van der Waals surface area (Å²) in [6.07, 6.45) is 5.45. The Hall–Kier alpha value is -2.04. The lowest BCUT2D eigenvalue weighted by atomic mass is 10.3. The maximum atomic E-state index is 5.86. The third kappa shape index (κ3) is 2.13. The standard InChI is InChI=1S/C11H15N5/c1-3-16-7-9(6-14-16)15-11-10(12)4-8(2)5-13-11/h4-7H,3,12H2,1-2H3,(H,13,15). The van der Waals surface area contributed by atoms with Gasteiger partial charge in [0.2, 0.25) is 0 Å². The molecule has 0 aliphatic rings. The van der Waals surface area contributed by atoms with Crippen molar-refractivity contribution in [3.05, 3.63) is 30.2 Å². The number of rotatable bonds is 3. The van der Waals surface area contributed by atoms with Gasteiger partial charge in [0.25, 0.3) is 0 Å². The molecule has 2 heterocycles. The first kappa shape index (κ1) is 10.5. The van der Waals surface area contributed by atoms with Gasteiger partial charge in [0.1, 0.15) is 0 Å². The molecule has 2 aromatic heterocycles. The second kappa shape index (κ2) is 4.22. The van der Waals surface area contributed by atoms with Crippen LogP contribution >= 0.6 is 0 Å².